The van der Waals surface area contributed by atoms with Gasteiger partial charge in [-0.3, -0.25) is 0 Å². The molecular formula is C14H22FN3O2S. The molecule has 0 amide bonds. The summed E-state index contributed by atoms with van der Waals surface area (Å²) in [4.78, 5) is 1.86. The number of nitrogens with two attached hydrogens (primary N) is 1. The number of nitrogens with one attached hydrogen (secondary N) is 1. The maximum absolute atomic E-state index is 14.3. The van der Waals surface area contributed by atoms with Gasteiger partial charge in [0.05, 0.1) is 10.6 Å². The Morgan fingerprint density at radius 3 is 2.81 bits per heavy atom. The fourth-order valence-corrected chi connectivity index (χ4v) is 3.35. The molecule has 0 aliphatic carbocycles. The third-order valence-corrected chi connectivity index (χ3v) is 4.82. The van der Waals surface area contributed by atoms with Crippen LogP contribution in [0.25, 0.3) is 0 Å². The lowest BCUT2D eigenvalue weighted by atomic mass is 9.98. The number of nitrogens with zero attached hydrogens (tertiary/aromatic N) is 1. The Morgan fingerprint density at radius 1 is 1.43 bits per heavy atom. The van der Waals surface area contributed by atoms with E-state index in [-0.39, 0.29) is 10.9 Å². The Kier molecular flexibility index (Phi) is 5.18. The number of rotatable bonds is 5. The van der Waals surface area contributed by atoms with Crippen LogP contribution in [0.5, 0.6) is 0 Å². The second-order valence-corrected chi connectivity index (χ2v) is 6.95. The molecule has 0 bridgehead atoms. The Labute approximate surface area is 125 Å². The molecule has 1 aliphatic heterocycles. The molecule has 1 fully saturated rings. The molecule has 0 spiro atoms. The van der Waals surface area contributed by atoms with Gasteiger partial charge in [-0.05, 0) is 57.5 Å². The maximum Gasteiger partial charge on any atom is 0.238 e. The minimum Gasteiger partial charge on any atom is -0.366 e. The molecule has 1 unspecified atom stereocenters. The zero-order chi connectivity index (χ0) is 15.5. The van der Waals surface area contributed by atoms with E-state index in [2.05, 4.69) is 5.32 Å². The SMILES string of the molecule is CNCCC1CCCCN1c1ccc(S(N)(=O)=O)cc1F. The Hall–Kier alpha value is -1.18. The van der Waals surface area contributed by atoms with E-state index in [1.807, 2.05) is 11.9 Å². The van der Waals surface area contributed by atoms with Crippen LogP contribution in [-0.4, -0.2) is 34.6 Å². The van der Waals surface area contributed by atoms with Gasteiger partial charge >= 0.3 is 0 Å². The van der Waals surface area contributed by atoms with Crippen LogP contribution in [0.4, 0.5) is 10.1 Å². The number of halogens is 1. The van der Waals surface area contributed by atoms with Crippen molar-refractivity contribution in [1.82, 2.24) is 5.32 Å². The molecule has 1 saturated heterocycles. The van der Waals surface area contributed by atoms with Gasteiger partial charge in [-0.1, -0.05) is 0 Å². The first-order valence-corrected chi connectivity index (χ1v) is 8.71. The summed E-state index contributed by atoms with van der Waals surface area (Å²) in [5.74, 6) is -0.530. The lowest BCUT2D eigenvalue weighted by Crippen LogP contribution is -2.41. The minimum atomic E-state index is -3.87. The standard InChI is InChI=1S/C14H22FN3O2S/c1-17-8-7-11-4-2-3-9-18(11)14-6-5-12(10-13(14)15)21(16,19)20/h5-6,10-11,17H,2-4,7-9H2,1H3,(H2,16,19,20). The lowest BCUT2D eigenvalue weighted by Gasteiger charge is -2.38. The highest BCUT2D eigenvalue weighted by Crippen LogP contribution is 2.29. The average molecular weight is 315 g/mol. The molecule has 3 N–H and O–H groups in total. The van der Waals surface area contributed by atoms with E-state index in [0.717, 1.165) is 44.8 Å². The maximum atomic E-state index is 14.3. The van der Waals surface area contributed by atoms with Gasteiger partial charge in [-0.2, -0.15) is 0 Å². The fourth-order valence-electron chi connectivity index (χ4n) is 2.83. The van der Waals surface area contributed by atoms with Gasteiger partial charge in [0.2, 0.25) is 10.0 Å². The van der Waals surface area contributed by atoms with Gasteiger partial charge < -0.3 is 10.2 Å². The monoisotopic (exact) mass is 315 g/mol. The van der Waals surface area contributed by atoms with Crippen LogP contribution < -0.4 is 15.4 Å². The van der Waals surface area contributed by atoms with Crippen molar-refractivity contribution >= 4 is 15.7 Å². The summed E-state index contributed by atoms with van der Waals surface area (Å²) in [6.07, 6.45) is 4.12. The summed E-state index contributed by atoms with van der Waals surface area (Å²) >= 11 is 0. The normalized spacial score (nSPS) is 19.8. The van der Waals surface area contributed by atoms with Crippen molar-refractivity contribution in [3.8, 4) is 0 Å². The first kappa shape index (κ1) is 16.2. The van der Waals surface area contributed by atoms with E-state index < -0.39 is 15.8 Å². The fraction of sp³-hybridized carbons (Fsp3) is 0.571. The molecule has 7 heteroatoms. The number of sulfonamides is 1. The smallest absolute Gasteiger partial charge is 0.238 e. The number of benzene rings is 1. The number of piperidine rings is 1. The van der Waals surface area contributed by atoms with Crippen LogP contribution in [0, 0.1) is 5.82 Å². The third kappa shape index (κ3) is 3.93. The van der Waals surface area contributed by atoms with E-state index in [9.17, 15) is 12.8 Å². The van der Waals surface area contributed by atoms with Crippen LogP contribution in [0.3, 0.4) is 0 Å². The second-order valence-electron chi connectivity index (χ2n) is 5.39. The van der Waals surface area contributed by atoms with Crippen molar-refractivity contribution in [1.29, 1.82) is 0 Å². The number of primary sulfonamides is 1. The average Bonchev–Trinajstić information content (AvgIpc) is 2.44. The van der Waals surface area contributed by atoms with Gasteiger partial charge in [-0.15, -0.1) is 0 Å². The highest BCUT2D eigenvalue weighted by molar-refractivity contribution is 7.89. The van der Waals surface area contributed by atoms with Crippen LogP contribution in [0.1, 0.15) is 25.7 Å². The molecule has 2 rings (SSSR count). The molecule has 118 valence electrons. The van der Waals surface area contributed by atoms with Crippen molar-refractivity contribution in [2.45, 2.75) is 36.6 Å². The first-order chi connectivity index (χ1) is 9.93. The molecule has 1 atom stereocenters. The summed E-state index contributed by atoms with van der Waals surface area (Å²) < 4.78 is 36.8. The molecule has 1 heterocycles. The van der Waals surface area contributed by atoms with Gasteiger partial charge in [-0.25, -0.2) is 17.9 Å². The van der Waals surface area contributed by atoms with E-state index in [0.29, 0.717) is 5.69 Å². The number of anilines is 1. The summed E-state index contributed by atoms with van der Waals surface area (Å²) in [5.41, 5.74) is 0.461. The van der Waals surface area contributed by atoms with Gasteiger partial charge in [0.1, 0.15) is 5.82 Å². The van der Waals surface area contributed by atoms with Crippen LogP contribution >= 0.6 is 0 Å². The molecule has 21 heavy (non-hydrogen) atoms. The molecule has 5 nitrogen and oxygen atoms in total. The zero-order valence-electron chi connectivity index (χ0n) is 12.2. The number of hydrogen-bond donors (Lipinski definition) is 2. The van der Waals surface area contributed by atoms with E-state index in [1.54, 1.807) is 0 Å². The van der Waals surface area contributed by atoms with Crippen LogP contribution in [-0.2, 0) is 10.0 Å². The summed E-state index contributed by atoms with van der Waals surface area (Å²) in [6, 6.07) is 4.18. The quantitative estimate of drug-likeness (QED) is 0.862. The van der Waals surface area contributed by atoms with Gasteiger partial charge in [0, 0.05) is 12.6 Å². The van der Waals surface area contributed by atoms with Crippen molar-refractivity contribution < 1.29 is 12.8 Å². The lowest BCUT2D eigenvalue weighted by molar-refractivity contribution is 0.427. The molecule has 1 aromatic rings. The van der Waals surface area contributed by atoms with Crippen molar-refractivity contribution in [3.63, 3.8) is 0 Å². The topological polar surface area (TPSA) is 75.4 Å². The van der Waals surface area contributed by atoms with E-state index in [4.69, 9.17) is 5.14 Å². The predicted octanol–water partition coefficient (Wildman–Crippen LogP) is 1.44. The molecule has 0 saturated carbocycles. The van der Waals surface area contributed by atoms with Crippen molar-refractivity contribution in [3.05, 3.63) is 24.0 Å². The van der Waals surface area contributed by atoms with Crippen LogP contribution in [0.2, 0.25) is 0 Å². The van der Waals surface area contributed by atoms with E-state index >= 15 is 0 Å². The van der Waals surface area contributed by atoms with E-state index in [1.165, 1.54) is 12.1 Å². The zero-order valence-corrected chi connectivity index (χ0v) is 13.0. The molecule has 0 aromatic heterocycles. The Morgan fingerprint density at radius 2 is 2.19 bits per heavy atom. The Balaban J connectivity index is 2.26. The highest BCUT2D eigenvalue weighted by atomic mass is 32.2. The molecule has 0 radical (unpaired) electrons. The number of hydrogen-bond acceptors (Lipinski definition) is 4. The Bertz CT molecular complexity index is 592. The summed E-state index contributed by atoms with van der Waals surface area (Å²) in [5, 5.41) is 8.15. The first-order valence-electron chi connectivity index (χ1n) is 7.17. The van der Waals surface area contributed by atoms with Crippen LogP contribution in [0.15, 0.2) is 23.1 Å². The van der Waals surface area contributed by atoms with Gasteiger partial charge in [0.25, 0.3) is 0 Å². The largest absolute Gasteiger partial charge is 0.366 e. The third-order valence-electron chi connectivity index (χ3n) is 3.91. The van der Waals surface area contributed by atoms with Crippen molar-refractivity contribution in [2.75, 3.05) is 25.0 Å². The molecule has 1 aromatic carbocycles. The highest BCUT2D eigenvalue weighted by Gasteiger charge is 2.25. The summed E-state index contributed by atoms with van der Waals surface area (Å²) in [7, 11) is -1.97. The molecule has 1 aliphatic rings. The van der Waals surface area contributed by atoms with Gasteiger partial charge in [0.15, 0.2) is 0 Å². The predicted molar refractivity (Wildman–Crippen MR) is 81.3 cm³/mol. The van der Waals surface area contributed by atoms with Crippen molar-refractivity contribution in [2.24, 2.45) is 5.14 Å². The summed E-state index contributed by atoms with van der Waals surface area (Å²) in [6.45, 7) is 1.66. The minimum absolute atomic E-state index is 0.187. The molecular weight excluding hydrogens is 293 g/mol. The second kappa shape index (κ2) is 6.72.